The van der Waals surface area contributed by atoms with Crippen molar-refractivity contribution < 1.29 is 36.7 Å². The molecule has 0 heterocycles. The molecule has 0 radical (unpaired) electrons. The van der Waals surface area contributed by atoms with Crippen LogP contribution in [0.25, 0.3) is 32.7 Å². The Balaban J connectivity index is 0.000000350. The third-order valence-electron chi connectivity index (χ3n) is 10.4. The van der Waals surface area contributed by atoms with Crippen LogP contribution in [0.3, 0.4) is 0 Å². The Labute approximate surface area is 359 Å². The van der Waals surface area contributed by atoms with Crippen LogP contribution in [-0.2, 0) is 19.5 Å². The summed E-state index contributed by atoms with van der Waals surface area (Å²) in [4.78, 5) is 0. The molecule has 8 heteroatoms. The second-order valence-corrected chi connectivity index (χ2v) is 18.6. The molecule has 0 unspecified atom stereocenters. The quantitative estimate of drug-likeness (QED) is 0.0647. The van der Waals surface area contributed by atoms with E-state index in [4.69, 9.17) is 0 Å². The Hall–Kier alpha value is -4.97. The third kappa shape index (κ3) is 10.1. The second kappa shape index (κ2) is 19.4. The zero-order chi connectivity index (χ0) is 39.9. The van der Waals surface area contributed by atoms with Crippen molar-refractivity contribution in [2.24, 2.45) is 11.8 Å². The van der Waals surface area contributed by atoms with Crippen LogP contribution in [0.15, 0.2) is 218 Å². The van der Waals surface area contributed by atoms with Gasteiger partial charge < -0.3 is 17.3 Å². The van der Waals surface area contributed by atoms with Crippen molar-refractivity contribution in [1.82, 2.24) is 0 Å². The standard InChI is InChI=1S/C44H32P2.C7H8.BF4.Rh/c1-5-19-35(20-6-1)45(36-21-7-2-8-22-36)41-31-29-33-17-13-15-27-39(33)43(41)44-40-28-16-14-18-34(40)30-32-42(44)46(37-23-9-3-10-24-37)38-25-11-4-12-26-38;1-2-7-4-3-6(1)5-7;2-1(3,4)5;/h1-32H;1-4,6-7H,5H2;;/q;;-1;+1. The van der Waals surface area contributed by atoms with Crippen LogP contribution < -0.4 is 31.8 Å². The summed E-state index contributed by atoms with van der Waals surface area (Å²) in [6.45, 7) is 0. The summed E-state index contributed by atoms with van der Waals surface area (Å²) in [5, 5.41) is 13.3. The molecule has 294 valence electrons. The fourth-order valence-electron chi connectivity index (χ4n) is 7.91. The topological polar surface area (TPSA) is 0 Å². The number of halogens is 4. The minimum atomic E-state index is -6.00. The Bertz CT molecular complexity index is 2400. The smallest absolute Gasteiger partial charge is 0.418 e. The summed E-state index contributed by atoms with van der Waals surface area (Å²) in [5.41, 5.74) is 2.70. The zero-order valence-corrected chi connectivity index (χ0v) is 35.4. The van der Waals surface area contributed by atoms with Crippen molar-refractivity contribution >= 4 is 76.5 Å². The van der Waals surface area contributed by atoms with E-state index < -0.39 is 23.1 Å². The molecule has 2 bridgehead atoms. The van der Waals surface area contributed by atoms with Gasteiger partial charge in [-0.05, 0) is 98.6 Å². The molecule has 0 aliphatic heterocycles. The van der Waals surface area contributed by atoms with E-state index in [0.29, 0.717) is 0 Å². The van der Waals surface area contributed by atoms with Crippen molar-refractivity contribution in [3.05, 3.63) is 218 Å². The molecule has 10 rings (SSSR count). The van der Waals surface area contributed by atoms with Gasteiger partial charge >= 0.3 is 26.7 Å². The monoisotopic (exact) mass is 904 g/mol. The molecule has 0 fully saturated rings. The van der Waals surface area contributed by atoms with Gasteiger partial charge in [0.05, 0.1) is 0 Å². The molecule has 59 heavy (non-hydrogen) atoms. The second-order valence-electron chi connectivity index (χ2n) is 14.2. The first-order chi connectivity index (χ1) is 28.3. The van der Waals surface area contributed by atoms with Gasteiger partial charge in [0.1, 0.15) is 0 Å². The Morgan fingerprint density at radius 1 is 0.356 bits per heavy atom. The maximum atomic E-state index is 9.75. The first-order valence-electron chi connectivity index (χ1n) is 19.4. The fraction of sp³-hybridized carbons (Fsp3) is 0.0588. The molecule has 0 atom stereocenters. The first kappa shape index (κ1) is 42.2. The average Bonchev–Trinajstić information content (AvgIpc) is 3.92. The normalized spacial score (nSPS) is 15.1. The van der Waals surface area contributed by atoms with E-state index in [2.05, 4.69) is 218 Å². The van der Waals surface area contributed by atoms with E-state index in [9.17, 15) is 17.3 Å². The molecule has 2 aliphatic carbocycles. The molecule has 8 aromatic carbocycles. The predicted molar refractivity (Wildman–Crippen MR) is 244 cm³/mol. The van der Waals surface area contributed by atoms with Crippen LogP contribution in [0.4, 0.5) is 17.3 Å². The van der Waals surface area contributed by atoms with Gasteiger partial charge in [0.2, 0.25) is 0 Å². The molecule has 0 spiro atoms. The average molecular weight is 905 g/mol. The summed E-state index contributed by atoms with van der Waals surface area (Å²) in [6.07, 6.45) is 10.5. The van der Waals surface area contributed by atoms with E-state index in [0.717, 1.165) is 11.8 Å². The van der Waals surface area contributed by atoms with Gasteiger partial charge in [0, 0.05) is 0 Å². The van der Waals surface area contributed by atoms with Crippen LogP contribution in [-0.4, -0.2) is 7.25 Å². The maximum Gasteiger partial charge on any atom is 1.00 e. The minimum absolute atomic E-state index is 0. The number of allylic oxidation sites excluding steroid dienone is 4. The Morgan fingerprint density at radius 2 is 0.627 bits per heavy atom. The minimum Gasteiger partial charge on any atom is -0.418 e. The van der Waals surface area contributed by atoms with Crippen LogP contribution in [0.5, 0.6) is 0 Å². The van der Waals surface area contributed by atoms with Gasteiger partial charge in [0.25, 0.3) is 0 Å². The third-order valence-corrected chi connectivity index (χ3v) is 15.3. The SMILES string of the molecule is C1=CC2C=CC1C2.F[B-](F)(F)F.[Rh+].c1ccc(P(c2ccccc2)c2ccc3ccccc3c2-c2c(P(c3ccccc3)c3ccccc3)ccc3ccccc23)cc1. The summed E-state index contributed by atoms with van der Waals surface area (Å²) in [5.74, 6) is 1.62. The van der Waals surface area contributed by atoms with Crippen molar-refractivity contribution in [3.8, 4) is 11.1 Å². The van der Waals surface area contributed by atoms with Gasteiger partial charge in [-0.2, -0.15) is 0 Å². The molecule has 0 N–H and O–H groups in total. The summed E-state index contributed by atoms with van der Waals surface area (Å²) >= 11 is 0. The van der Waals surface area contributed by atoms with Crippen molar-refractivity contribution in [2.45, 2.75) is 6.42 Å². The first-order valence-corrected chi connectivity index (χ1v) is 22.1. The van der Waals surface area contributed by atoms with E-state index in [1.807, 2.05) is 0 Å². The largest absolute Gasteiger partial charge is 1.00 e. The van der Waals surface area contributed by atoms with E-state index in [-0.39, 0.29) is 19.5 Å². The summed E-state index contributed by atoms with van der Waals surface area (Å²) < 4.78 is 39.0. The van der Waals surface area contributed by atoms with Gasteiger partial charge in [-0.3, -0.25) is 0 Å². The van der Waals surface area contributed by atoms with Crippen LogP contribution in [0, 0.1) is 11.8 Å². The van der Waals surface area contributed by atoms with Gasteiger partial charge in [-0.1, -0.05) is 218 Å². The Kier molecular flexibility index (Phi) is 13.9. The molecule has 0 amide bonds. The van der Waals surface area contributed by atoms with E-state index >= 15 is 0 Å². The molecule has 0 saturated carbocycles. The molecule has 0 nitrogen and oxygen atoms in total. The van der Waals surface area contributed by atoms with Crippen molar-refractivity contribution in [3.63, 3.8) is 0 Å². The predicted octanol–water partition coefficient (Wildman–Crippen LogP) is 12.2. The van der Waals surface area contributed by atoms with E-state index in [1.54, 1.807) is 0 Å². The number of fused-ring (bicyclic) bond motifs is 4. The molecular weight excluding hydrogens is 864 g/mol. The number of benzene rings is 8. The van der Waals surface area contributed by atoms with Crippen molar-refractivity contribution in [1.29, 1.82) is 0 Å². The fourth-order valence-corrected chi connectivity index (χ4v) is 12.9. The van der Waals surface area contributed by atoms with Crippen LogP contribution in [0.1, 0.15) is 6.42 Å². The molecule has 2 aliphatic rings. The van der Waals surface area contributed by atoms with Crippen LogP contribution >= 0.6 is 15.8 Å². The van der Waals surface area contributed by atoms with Crippen molar-refractivity contribution in [2.75, 3.05) is 0 Å². The molecular formula is C51H40BF4P2Rh. The molecule has 0 aromatic heterocycles. The number of rotatable bonds is 7. The molecule has 0 saturated heterocycles. The summed E-state index contributed by atoms with van der Waals surface area (Å²) in [6, 6.07) is 71.8. The number of hydrogen-bond acceptors (Lipinski definition) is 0. The van der Waals surface area contributed by atoms with E-state index in [1.165, 1.54) is 70.9 Å². The maximum absolute atomic E-state index is 9.75. The summed E-state index contributed by atoms with van der Waals surface area (Å²) in [7, 11) is -7.70. The van der Waals surface area contributed by atoms with Crippen LogP contribution in [0.2, 0.25) is 0 Å². The zero-order valence-electron chi connectivity index (χ0n) is 32.0. The molecule has 8 aromatic rings. The van der Waals surface area contributed by atoms with Gasteiger partial charge in [0.15, 0.2) is 0 Å². The van der Waals surface area contributed by atoms with Gasteiger partial charge in [-0.25, -0.2) is 0 Å². The van der Waals surface area contributed by atoms with Gasteiger partial charge in [-0.15, -0.1) is 0 Å². The number of hydrogen-bond donors (Lipinski definition) is 0. The Morgan fingerprint density at radius 3 is 0.898 bits per heavy atom.